The number of carbonyl (C=O) groups excluding carboxylic acids is 2. The first kappa shape index (κ1) is 27.3. The summed E-state index contributed by atoms with van der Waals surface area (Å²) in [6.07, 6.45) is 5.55. The first-order valence-electron chi connectivity index (χ1n) is 12.7. The van der Waals surface area contributed by atoms with E-state index in [1.54, 1.807) is 29.3 Å². The number of rotatable bonds is 6. The Morgan fingerprint density at radius 1 is 1.12 bits per heavy atom. The molecular weight excluding hydrogens is 589 g/mol. The van der Waals surface area contributed by atoms with E-state index >= 15 is 0 Å². The van der Waals surface area contributed by atoms with Crippen LogP contribution in [0.5, 0.6) is 0 Å². The molecular formula is C30H22Cl3N3O5. The number of carboxylic acid groups (broad SMARTS) is 1. The molecule has 3 heterocycles. The van der Waals surface area contributed by atoms with Crippen LogP contribution in [0.25, 0.3) is 28.2 Å². The Bertz CT molecular complexity index is 1790. The number of nitrogens with zero attached hydrogens (tertiary/aromatic N) is 3. The lowest BCUT2D eigenvalue weighted by Gasteiger charge is -2.17. The molecule has 2 unspecified atom stereocenters. The van der Waals surface area contributed by atoms with Crippen molar-refractivity contribution in [1.82, 2.24) is 14.6 Å². The van der Waals surface area contributed by atoms with Crippen LogP contribution >= 0.6 is 34.8 Å². The molecule has 8 nitrogen and oxygen atoms in total. The molecule has 41 heavy (non-hydrogen) atoms. The number of carboxylic acids is 1. The zero-order valence-corrected chi connectivity index (χ0v) is 23.9. The minimum Gasteiger partial charge on any atom is -0.478 e. The number of hydrogen-bond donors (Lipinski definition) is 1. The second kappa shape index (κ2) is 10.2. The second-order valence-electron chi connectivity index (χ2n) is 10.2. The van der Waals surface area contributed by atoms with Crippen LogP contribution < -0.4 is 0 Å². The van der Waals surface area contributed by atoms with Gasteiger partial charge in [-0.3, -0.25) is 14.2 Å². The number of likely N-dealkylation sites (tertiary alicyclic amines) is 1. The minimum absolute atomic E-state index is 0.110. The Kier molecular flexibility index (Phi) is 6.80. The molecule has 1 aliphatic heterocycles. The molecule has 1 N–H and O–H groups in total. The number of fused-ring (bicyclic) bond motifs is 2. The maximum Gasteiger partial charge on any atom is 0.328 e. The van der Waals surface area contributed by atoms with Gasteiger partial charge in [0.2, 0.25) is 5.91 Å². The van der Waals surface area contributed by atoms with Crippen LogP contribution in [-0.4, -0.2) is 50.6 Å². The van der Waals surface area contributed by atoms with Crippen LogP contribution in [0.2, 0.25) is 15.1 Å². The molecule has 2 fully saturated rings. The molecule has 1 saturated carbocycles. The van der Waals surface area contributed by atoms with Crippen molar-refractivity contribution in [1.29, 1.82) is 0 Å². The van der Waals surface area contributed by atoms with Crippen molar-refractivity contribution < 1.29 is 24.0 Å². The van der Waals surface area contributed by atoms with Gasteiger partial charge in [0, 0.05) is 47.3 Å². The largest absolute Gasteiger partial charge is 0.478 e. The van der Waals surface area contributed by atoms with Gasteiger partial charge in [0.05, 0.1) is 15.6 Å². The zero-order chi connectivity index (χ0) is 29.2. The summed E-state index contributed by atoms with van der Waals surface area (Å²) in [6, 6.07) is 8.38. The predicted molar refractivity (Wildman–Crippen MR) is 157 cm³/mol. The number of hydrogen-bond acceptors (Lipinski definition) is 5. The van der Waals surface area contributed by atoms with Crippen molar-refractivity contribution >= 4 is 69.6 Å². The summed E-state index contributed by atoms with van der Waals surface area (Å²) in [5.41, 5.74) is 2.77. The predicted octanol–water partition coefficient (Wildman–Crippen LogP) is 6.71. The van der Waals surface area contributed by atoms with E-state index in [1.807, 2.05) is 6.92 Å². The maximum absolute atomic E-state index is 14.4. The monoisotopic (exact) mass is 609 g/mol. The highest BCUT2D eigenvalue weighted by Gasteiger charge is 2.60. The van der Waals surface area contributed by atoms with Gasteiger partial charge < -0.3 is 14.5 Å². The zero-order valence-electron chi connectivity index (χ0n) is 21.6. The van der Waals surface area contributed by atoms with E-state index in [0.29, 0.717) is 40.5 Å². The first-order valence-corrected chi connectivity index (χ1v) is 13.9. The third-order valence-electron chi connectivity index (χ3n) is 7.83. The summed E-state index contributed by atoms with van der Waals surface area (Å²) >= 11 is 19.3. The van der Waals surface area contributed by atoms with Crippen molar-refractivity contribution in [2.75, 3.05) is 13.1 Å². The van der Waals surface area contributed by atoms with Gasteiger partial charge in [0.1, 0.15) is 11.3 Å². The number of carbonyl (C=O) groups is 3. The fourth-order valence-corrected chi connectivity index (χ4v) is 7.00. The molecule has 1 saturated heterocycles. The Morgan fingerprint density at radius 3 is 2.44 bits per heavy atom. The molecule has 2 aromatic carbocycles. The molecule has 0 radical (unpaired) electrons. The molecule has 208 valence electrons. The van der Waals surface area contributed by atoms with Gasteiger partial charge in [0.15, 0.2) is 5.76 Å². The molecule has 0 spiro atoms. The van der Waals surface area contributed by atoms with Gasteiger partial charge in [-0.25, -0.2) is 4.79 Å². The Balaban J connectivity index is 1.49. The third kappa shape index (κ3) is 4.56. The third-order valence-corrected chi connectivity index (χ3v) is 8.65. The average Bonchev–Trinajstić information content (AvgIpc) is 3.28. The van der Waals surface area contributed by atoms with E-state index in [9.17, 15) is 14.4 Å². The average molecular weight is 611 g/mol. The van der Waals surface area contributed by atoms with Crippen molar-refractivity contribution in [2.45, 2.75) is 12.8 Å². The van der Waals surface area contributed by atoms with Crippen molar-refractivity contribution in [3.05, 3.63) is 92.8 Å². The fourth-order valence-electron chi connectivity index (χ4n) is 6.00. The molecule has 1 aliphatic carbocycles. The smallest absolute Gasteiger partial charge is 0.328 e. The van der Waals surface area contributed by atoms with Crippen LogP contribution in [0.15, 0.2) is 59.8 Å². The lowest BCUT2D eigenvalue weighted by Crippen LogP contribution is -2.29. The van der Waals surface area contributed by atoms with Gasteiger partial charge in [-0.15, -0.1) is 0 Å². The number of aliphatic carboxylic acids is 1. The normalized spacial score (nSPS) is 19.6. The standard InChI is InChI=1S/C30H22Cl3N3O5/c1-3-22(37)35-12-17-18(13-35)25(17)29-27(28(34-41-29)26-19(32)9-16(31)10-20(26)33)30(40)36-11-14(2)24-15(7-8-23(38)39)5-4-6-21(24)36/h3-11,17-18,25H,1,12-13H2,2H3,(H,38,39)/b8-7+. The van der Waals surface area contributed by atoms with Gasteiger partial charge in [-0.05, 0) is 60.2 Å². The summed E-state index contributed by atoms with van der Waals surface area (Å²) in [6.45, 7) is 6.47. The van der Waals surface area contributed by atoms with Gasteiger partial charge in [-0.2, -0.15) is 0 Å². The summed E-state index contributed by atoms with van der Waals surface area (Å²) in [4.78, 5) is 39.5. The molecule has 6 rings (SSSR count). The fraction of sp³-hybridized carbons (Fsp3) is 0.200. The lowest BCUT2D eigenvalue weighted by molar-refractivity contribution is -0.131. The van der Waals surface area contributed by atoms with Gasteiger partial charge in [0.25, 0.3) is 5.91 Å². The highest BCUT2D eigenvalue weighted by Crippen LogP contribution is 2.60. The first-order chi connectivity index (χ1) is 19.6. The maximum atomic E-state index is 14.4. The van der Waals surface area contributed by atoms with E-state index < -0.39 is 11.9 Å². The van der Waals surface area contributed by atoms with Gasteiger partial charge in [-0.1, -0.05) is 58.7 Å². The van der Waals surface area contributed by atoms with E-state index in [2.05, 4.69) is 11.7 Å². The molecule has 2 aliphatic rings. The second-order valence-corrected chi connectivity index (χ2v) is 11.5. The summed E-state index contributed by atoms with van der Waals surface area (Å²) < 4.78 is 7.39. The molecule has 4 aromatic rings. The van der Waals surface area contributed by atoms with E-state index in [0.717, 1.165) is 17.0 Å². The van der Waals surface area contributed by atoms with Gasteiger partial charge >= 0.3 is 5.97 Å². The Morgan fingerprint density at radius 2 is 1.80 bits per heavy atom. The van der Waals surface area contributed by atoms with Crippen molar-refractivity contribution in [3.8, 4) is 11.3 Å². The Hall–Kier alpha value is -3.85. The molecule has 1 amide bonds. The minimum atomic E-state index is -1.08. The summed E-state index contributed by atoms with van der Waals surface area (Å²) in [5.74, 6) is -1.10. The van der Waals surface area contributed by atoms with Crippen molar-refractivity contribution in [2.24, 2.45) is 11.8 Å². The number of aryl methyl sites for hydroxylation is 1. The van der Waals surface area contributed by atoms with Crippen LogP contribution in [0, 0.1) is 18.8 Å². The quantitative estimate of drug-likeness (QED) is 0.243. The van der Waals surface area contributed by atoms with E-state index in [4.69, 9.17) is 44.4 Å². The molecule has 11 heteroatoms. The molecule has 0 bridgehead atoms. The number of aromatic nitrogens is 2. The van der Waals surface area contributed by atoms with E-state index in [-0.39, 0.29) is 45.0 Å². The van der Waals surface area contributed by atoms with Crippen molar-refractivity contribution in [3.63, 3.8) is 0 Å². The number of amides is 1. The SMILES string of the molecule is C=CC(=O)N1CC2C(C1)C2c1onc(-c2c(Cl)cc(Cl)cc2Cl)c1C(=O)n1cc(C)c2c(/C=C/C(=O)O)cccc21. The Labute approximate surface area is 249 Å². The van der Waals surface area contributed by atoms with Crippen LogP contribution in [0.3, 0.4) is 0 Å². The highest BCUT2D eigenvalue weighted by molar-refractivity contribution is 6.42. The highest BCUT2D eigenvalue weighted by atomic mass is 35.5. The van der Waals surface area contributed by atoms with Crippen LogP contribution in [0.1, 0.15) is 33.2 Å². The lowest BCUT2D eigenvalue weighted by atomic mass is 10.0. The number of benzene rings is 2. The van der Waals surface area contributed by atoms with Crippen LogP contribution in [0.4, 0.5) is 0 Å². The number of piperidine rings is 1. The summed E-state index contributed by atoms with van der Waals surface area (Å²) in [7, 11) is 0. The topological polar surface area (TPSA) is 106 Å². The number of halogens is 3. The van der Waals surface area contributed by atoms with Crippen LogP contribution in [-0.2, 0) is 9.59 Å². The van der Waals surface area contributed by atoms with E-state index in [1.165, 1.54) is 28.9 Å². The molecule has 2 atom stereocenters. The summed E-state index contributed by atoms with van der Waals surface area (Å²) in [5, 5.41) is 14.9. The molecule has 2 aromatic heterocycles.